The standard InChI is InChI=1S/C20H15N7/c21-14-5-1-3-11-13(14)9-16(27-20(11)22)17-12(4-2-7-23-17)18-19-15(6-8-24-19)25-10-26-18/h1-10,24H,21H2,(H2,22,27). The maximum absolute atomic E-state index is 6.20. The highest BCUT2D eigenvalue weighted by atomic mass is 14.9. The second kappa shape index (κ2) is 5.77. The molecule has 7 nitrogen and oxygen atoms in total. The summed E-state index contributed by atoms with van der Waals surface area (Å²) in [5, 5.41) is 1.68. The molecular weight excluding hydrogens is 338 g/mol. The number of H-pyrrole nitrogens is 1. The van der Waals surface area contributed by atoms with Gasteiger partial charge < -0.3 is 16.5 Å². The molecular formula is C20H15N7. The van der Waals surface area contributed by atoms with Gasteiger partial charge in [0, 0.05) is 34.4 Å². The average Bonchev–Trinajstić information content (AvgIpc) is 3.18. The zero-order valence-electron chi connectivity index (χ0n) is 14.2. The van der Waals surface area contributed by atoms with Crippen LogP contribution >= 0.6 is 0 Å². The van der Waals surface area contributed by atoms with Gasteiger partial charge in [-0.15, -0.1) is 0 Å². The SMILES string of the molecule is Nc1cccc2c(N)nc(-c3ncccc3-c3ncnc4cc[nH]c34)cc12. The molecule has 0 radical (unpaired) electrons. The van der Waals surface area contributed by atoms with Crippen LogP contribution in [-0.2, 0) is 0 Å². The minimum Gasteiger partial charge on any atom is -0.398 e. The van der Waals surface area contributed by atoms with E-state index in [9.17, 15) is 0 Å². The molecule has 0 amide bonds. The quantitative estimate of drug-likeness (QED) is 0.418. The number of nitrogen functional groups attached to an aromatic ring is 2. The molecule has 0 saturated carbocycles. The minimum absolute atomic E-state index is 0.416. The first-order valence-electron chi connectivity index (χ1n) is 8.41. The van der Waals surface area contributed by atoms with Crippen molar-refractivity contribution < 1.29 is 0 Å². The van der Waals surface area contributed by atoms with E-state index in [1.54, 1.807) is 12.5 Å². The highest BCUT2D eigenvalue weighted by Gasteiger charge is 2.16. The van der Waals surface area contributed by atoms with Gasteiger partial charge in [-0.1, -0.05) is 12.1 Å². The molecule has 4 aromatic heterocycles. The minimum atomic E-state index is 0.416. The molecule has 0 spiro atoms. The third-order valence-corrected chi connectivity index (χ3v) is 4.59. The number of nitrogens with one attached hydrogen (secondary N) is 1. The maximum Gasteiger partial charge on any atom is 0.132 e. The molecule has 5 N–H and O–H groups in total. The Hall–Kier alpha value is -4.00. The lowest BCUT2D eigenvalue weighted by Crippen LogP contribution is -1.99. The van der Waals surface area contributed by atoms with Crippen molar-refractivity contribution in [2.24, 2.45) is 0 Å². The van der Waals surface area contributed by atoms with Crippen LogP contribution in [0.25, 0.3) is 44.5 Å². The third kappa shape index (κ3) is 2.36. The predicted molar refractivity (Wildman–Crippen MR) is 107 cm³/mol. The zero-order chi connectivity index (χ0) is 18.4. The van der Waals surface area contributed by atoms with Crippen LogP contribution < -0.4 is 11.5 Å². The van der Waals surface area contributed by atoms with Crippen molar-refractivity contribution in [2.75, 3.05) is 11.5 Å². The smallest absolute Gasteiger partial charge is 0.132 e. The molecule has 0 atom stereocenters. The van der Waals surface area contributed by atoms with E-state index in [0.717, 1.165) is 33.1 Å². The molecule has 0 fully saturated rings. The number of aromatic amines is 1. The third-order valence-electron chi connectivity index (χ3n) is 4.59. The van der Waals surface area contributed by atoms with E-state index in [-0.39, 0.29) is 0 Å². The van der Waals surface area contributed by atoms with Gasteiger partial charge in [0.15, 0.2) is 0 Å². The molecule has 5 rings (SSSR count). The van der Waals surface area contributed by atoms with Gasteiger partial charge >= 0.3 is 0 Å². The van der Waals surface area contributed by atoms with Crippen molar-refractivity contribution in [3.8, 4) is 22.6 Å². The fourth-order valence-electron chi connectivity index (χ4n) is 3.32. The number of nitrogens with zero attached hydrogens (tertiary/aromatic N) is 4. The molecule has 130 valence electrons. The number of hydrogen-bond donors (Lipinski definition) is 3. The highest BCUT2D eigenvalue weighted by molar-refractivity contribution is 6.01. The molecule has 0 unspecified atom stereocenters. The average molecular weight is 353 g/mol. The van der Waals surface area contributed by atoms with Gasteiger partial charge in [0.1, 0.15) is 12.1 Å². The van der Waals surface area contributed by atoms with Crippen molar-refractivity contribution in [3.63, 3.8) is 0 Å². The Kier molecular flexibility index (Phi) is 3.26. The number of benzene rings is 1. The van der Waals surface area contributed by atoms with Crippen LogP contribution in [0.1, 0.15) is 0 Å². The molecule has 0 aliphatic rings. The fourth-order valence-corrected chi connectivity index (χ4v) is 3.32. The highest BCUT2D eigenvalue weighted by Crippen LogP contribution is 2.34. The summed E-state index contributed by atoms with van der Waals surface area (Å²) in [6.45, 7) is 0. The lowest BCUT2D eigenvalue weighted by atomic mass is 10.0. The second-order valence-corrected chi connectivity index (χ2v) is 6.19. The summed E-state index contributed by atoms with van der Waals surface area (Å²) in [6.07, 6.45) is 5.11. The zero-order valence-corrected chi connectivity index (χ0v) is 14.2. The summed E-state index contributed by atoms with van der Waals surface area (Å²) in [7, 11) is 0. The van der Waals surface area contributed by atoms with Gasteiger partial charge in [-0.2, -0.15) is 0 Å². The summed E-state index contributed by atoms with van der Waals surface area (Å²) in [4.78, 5) is 21.1. The number of fused-ring (bicyclic) bond motifs is 2. The monoisotopic (exact) mass is 353 g/mol. The summed E-state index contributed by atoms with van der Waals surface area (Å²) in [6, 6.07) is 13.3. The molecule has 5 aromatic rings. The Morgan fingerprint density at radius 3 is 2.70 bits per heavy atom. The number of nitrogens with two attached hydrogens (primary N) is 2. The van der Waals surface area contributed by atoms with Gasteiger partial charge in [0.05, 0.1) is 28.1 Å². The van der Waals surface area contributed by atoms with E-state index in [1.165, 1.54) is 0 Å². The Balaban J connectivity index is 1.80. The van der Waals surface area contributed by atoms with Crippen molar-refractivity contribution in [1.29, 1.82) is 0 Å². The van der Waals surface area contributed by atoms with Crippen molar-refractivity contribution in [2.45, 2.75) is 0 Å². The van der Waals surface area contributed by atoms with E-state index in [1.807, 2.05) is 48.7 Å². The first-order valence-corrected chi connectivity index (χ1v) is 8.41. The molecule has 0 aliphatic heterocycles. The van der Waals surface area contributed by atoms with Crippen LogP contribution in [0.3, 0.4) is 0 Å². The topological polar surface area (TPSA) is 119 Å². The van der Waals surface area contributed by atoms with Crippen molar-refractivity contribution in [1.82, 2.24) is 24.9 Å². The first kappa shape index (κ1) is 15.3. The predicted octanol–water partition coefficient (Wildman–Crippen LogP) is 3.40. The summed E-state index contributed by atoms with van der Waals surface area (Å²) in [5.74, 6) is 0.416. The van der Waals surface area contributed by atoms with Crippen molar-refractivity contribution >= 4 is 33.3 Å². The Morgan fingerprint density at radius 2 is 1.78 bits per heavy atom. The molecule has 0 aliphatic carbocycles. The maximum atomic E-state index is 6.20. The van der Waals surface area contributed by atoms with Gasteiger partial charge in [-0.3, -0.25) is 4.98 Å². The summed E-state index contributed by atoms with van der Waals surface area (Å²) in [5.41, 5.74) is 17.6. The second-order valence-electron chi connectivity index (χ2n) is 6.19. The number of pyridine rings is 2. The van der Waals surface area contributed by atoms with Crippen LogP contribution in [0.2, 0.25) is 0 Å². The first-order chi connectivity index (χ1) is 13.2. The number of rotatable bonds is 2. The van der Waals surface area contributed by atoms with Crippen LogP contribution in [0.5, 0.6) is 0 Å². The molecule has 4 heterocycles. The Morgan fingerprint density at radius 1 is 0.852 bits per heavy atom. The van der Waals surface area contributed by atoms with Crippen LogP contribution in [0, 0.1) is 0 Å². The van der Waals surface area contributed by atoms with Crippen LogP contribution in [-0.4, -0.2) is 24.9 Å². The normalized spacial score (nSPS) is 11.3. The molecule has 27 heavy (non-hydrogen) atoms. The molecule has 1 aromatic carbocycles. The van der Waals surface area contributed by atoms with Crippen molar-refractivity contribution in [3.05, 3.63) is 61.2 Å². The van der Waals surface area contributed by atoms with Gasteiger partial charge in [0.2, 0.25) is 0 Å². The van der Waals surface area contributed by atoms with E-state index in [2.05, 4.69) is 24.9 Å². The molecule has 0 bridgehead atoms. The van der Waals surface area contributed by atoms with Gasteiger partial charge in [0.25, 0.3) is 0 Å². The van der Waals surface area contributed by atoms with Gasteiger partial charge in [-0.05, 0) is 30.3 Å². The lowest BCUT2D eigenvalue weighted by Gasteiger charge is -2.11. The number of anilines is 2. The van der Waals surface area contributed by atoms with Crippen LogP contribution in [0.15, 0.2) is 61.2 Å². The largest absolute Gasteiger partial charge is 0.398 e. The summed E-state index contributed by atoms with van der Waals surface area (Å²) < 4.78 is 0. The molecule has 7 heteroatoms. The summed E-state index contributed by atoms with van der Waals surface area (Å²) >= 11 is 0. The fraction of sp³-hybridized carbons (Fsp3) is 0. The Labute approximate surface area is 154 Å². The molecule has 0 saturated heterocycles. The number of hydrogen-bond acceptors (Lipinski definition) is 6. The number of aromatic nitrogens is 5. The van der Waals surface area contributed by atoms with E-state index < -0.39 is 0 Å². The van der Waals surface area contributed by atoms with Crippen LogP contribution in [0.4, 0.5) is 11.5 Å². The van der Waals surface area contributed by atoms with E-state index in [4.69, 9.17) is 11.5 Å². The van der Waals surface area contributed by atoms with E-state index in [0.29, 0.717) is 22.9 Å². The van der Waals surface area contributed by atoms with E-state index >= 15 is 0 Å². The van der Waals surface area contributed by atoms with Gasteiger partial charge in [-0.25, -0.2) is 15.0 Å². The lowest BCUT2D eigenvalue weighted by molar-refractivity contribution is 1.20. The Bertz CT molecular complexity index is 1310.